The van der Waals surface area contributed by atoms with Gasteiger partial charge < -0.3 is 10.4 Å². The number of nitriles is 1. The highest BCUT2D eigenvalue weighted by molar-refractivity contribution is 5.79. The second-order valence-electron chi connectivity index (χ2n) is 7.49. The van der Waals surface area contributed by atoms with Crippen LogP contribution in [0.1, 0.15) is 45.3 Å². The van der Waals surface area contributed by atoms with Gasteiger partial charge in [0.05, 0.1) is 18.7 Å². The third-order valence-electron chi connectivity index (χ3n) is 5.37. The highest BCUT2D eigenvalue weighted by Gasteiger charge is 2.31. The fraction of sp³-hybridized carbons (Fsp3) is 0.600. The van der Waals surface area contributed by atoms with E-state index >= 15 is 0 Å². The summed E-state index contributed by atoms with van der Waals surface area (Å²) >= 11 is 0. The van der Waals surface area contributed by atoms with Crippen molar-refractivity contribution in [3.05, 3.63) is 35.9 Å². The lowest BCUT2D eigenvalue weighted by atomic mass is 9.87. The van der Waals surface area contributed by atoms with Gasteiger partial charge >= 0.3 is 0 Å². The number of hydrogen-bond donors (Lipinski definition) is 2. The Morgan fingerprint density at radius 3 is 2.48 bits per heavy atom. The van der Waals surface area contributed by atoms with Crippen LogP contribution in [0.4, 0.5) is 0 Å². The first-order chi connectivity index (χ1) is 11.9. The molecule has 0 saturated carbocycles. The molecule has 136 valence electrons. The van der Waals surface area contributed by atoms with Crippen molar-refractivity contribution in [2.45, 2.75) is 45.3 Å². The van der Waals surface area contributed by atoms with Crippen molar-refractivity contribution in [3.8, 4) is 6.07 Å². The molecule has 1 aromatic carbocycles. The van der Waals surface area contributed by atoms with Crippen LogP contribution in [-0.2, 0) is 4.79 Å². The number of aliphatic hydroxyl groups is 1. The second kappa shape index (κ2) is 8.46. The van der Waals surface area contributed by atoms with E-state index in [0.29, 0.717) is 6.54 Å². The number of benzene rings is 1. The number of rotatable bonds is 6. The Kier molecular flexibility index (Phi) is 6.57. The van der Waals surface area contributed by atoms with Crippen LogP contribution in [0.25, 0.3) is 0 Å². The van der Waals surface area contributed by atoms with Crippen LogP contribution in [0.15, 0.2) is 30.3 Å². The molecule has 25 heavy (non-hydrogen) atoms. The zero-order chi connectivity index (χ0) is 18.4. The molecule has 2 unspecified atom stereocenters. The lowest BCUT2D eigenvalue weighted by Gasteiger charge is -2.35. The van der Waals surface area contributed by atoms with Crippen molar-refractivity contribution >= 4 is 5.91 Å². The highest BCUT2D eigenvalue weighted by atomic mass is 16.3. The molecule has 5 nitrogen and oxygen atoms in total. The molecule has 1 aliphatic heterocycles. The average Bonchev–Trinajstić information content (AvgIpc) is 2.62. The first-order valence-corrected chi connectivity index (χ1v) is 9.03. The predicted octanol–water partition coefficient (Wildman–Crippen LogP) is 2.49. The summed E-state index contributed by atoms with van der Waals surface area (Å²) in [5.41, 5.74) is 0.124. The topological polar surface area (TPSA) is 76.4 Å². The van der Waals surface area contributed by atoms with E-state index in [-0.39, 0.29) is 17.7 Å². The average molecular weight is 343 g/mol. The van der Waals surface area contributed by atoms with Gasteiger partial charge in [-0.15, -0.1) is 0 Å². The van der Waals surface area contributed by atoms with Gasteiger partial charge in [0.2, 0.25) is 5.91 Å². The second-order valence-corrected chi connectivity index (χ2v) is 7.49. The Morgan fingerprint density at radius 1 is 1.36 bits per heavy atom. The quantitative estimate of drug-likeness (QED) is 0.832. The summed E-state index contributed by atoms with van der Waals surface area (Å²) < 4.78 is 0. The summed E-state index contributed by atoms with van der Waals surface area (Å²) in [6, 6.07) is 12.0. The van der Waals surface area contributed by atoms with E-state index in [4.69, 9.17) is 0 Å². The zero-order valence-electron chi connectivity index (χ0n) is 15.4. The van der Waals surface area contributed by atoms with Crippen LogP contribution < -0.4 is 5.32 Å². The molecule has 2 N–H and O–H groups in total. The minimum Gasteiger partial charge on any atom is -0.388 e. The molecule has 0 bridgehead atoms. The summed E-state index contributed by atoms with van der Waals surface area (Å²) in [7, 11) is 0. The van der Waals surface area contributed by atoms with Gasteiger partial charge in [0.15, 0.2) is 0 Å². The Morgan fingerprint density at radius 2 is 1.96 bits per heavy atom. The first-order valence-electron chi connectivity index (χ1n) is 9.03. The number of hydrogen-bond acceptors (Lipinski definition) is 4. The smallest absolute Gasteiger partial charge is 0.235 e. The number of nitrogens with one attached hydrogen (secondary N) is 1. The molecule has 0 aliphatic carbocycles. The number of piperidine rings is 1. The third kappa shape index (κ3) is 5.04. The maximum atomic E-state index is 12.3. The summed E-state index contributed by atoms with van der Waals surface area (Å²) in [5, 5.41) is 22.7. The molecule has 0 radical (unpaired) electrons. The minimum atomic E-state index is -0.834. The molecule has 5 heteroatoms. The standard InChI is InChI=1S/C20H29N3O2/c1-15(2)20(3,14-21)22-18(24)13-23-11-9-17(10-12-23)19(25)16-7-5-4-6-8-16/h4-8,15,17,19,25H,9-13H2,1-3H3,(H,22,24). The van der Waals surface area contributed by atoms with Gasteiger partial charge in [-0.2, -0.15) is 5.26 Å². The summed E-state index contributed by atoms with van der Waals surface area (Å²) in [4.78, 5) is 14.4. The number of amides is 1. The lowest BCUT2D eigenvalue weighted by Crippen LogP contribution is -2.52. The van der Waals surface area contributed by atoms with Crippen molar-refractivity contribution in [1.82, 2.24) is 10.2 Å². The maximum Gasteiger partial charge on any atom is 0.235 e. The van der Waals surface area contributed by atoms with Crippen molar-refractivity contribution < 1.29 is 9.90 Å². The minimum absolute atomic E-state index is 0.0493. The Balaban J connectivity index is 1.82. The van der Waals surface area contributed by atoms with E-state index < -0.39 is 11.6 Å². The van der Waals surface area contributed by atoms with E-state index in [9.17, 15) is 15.2 Å². The molecule has 1 fully saturated rings. The lowest BCUT2D eigenvalue weighted by molar-refractivity contribution is -0.124. The fourth-order valence-electron chi connectivity index (χ4n) is 3.18. The van der Waals surface area contributed by atoms with E-state index in [1.54, 1.807) is 6.92 Å². The van der Waals surface area contributed by atoms with Crippen LogP contribution in [0.5, 0.6) is 0 Å². The van der Waals surface area contributed by atoms with Gasteiger partial charge in [-0.3, -0.25) is 9.69 Å². The molecule has 1 saturated heterocycles. The summed E-state index contributed by atoms with van der Waals surface area (Å²) in [5.74, 6) is 0.162. The third-order valence-corrected chi connectivity index (χ3v) is 5.37. The van der Waals surface area contributed by atoms with Gasteiger partial charge in [0, 0.05) is 0 Å². The van der Waals surface area contributed by atoms with Gasteiger partial charge in [0.25, 0.3) is 0 Å². The number of aliphatic hydroxyl groups excluding tert-OH is 1. The number of nitrogens with zero attached hydrogens (tertiary/aromatic N) is 2. The normalized spacial score (nSPS) is 19.8. The molecule has 2 atom stereocenters. The molecule has 0 spiro atoms. The first kappa shape index (κ1) is 19.4. The highest BCUT2D eigenvalue weighted by Crippen LogP contribution is 2.30. The molecule has 1 aromatic rings. The van der Waals surface area contributed by atoms with E-state index in [2.05, 4.69) is 16.3 Å². The molecule has 0 aromatic heterocycles. The summed E-state index contributed by atoms with van der Waals surface area (Å²) in [6.45, 7) is 7.50. The molecule has 1 heterocycles. The molecule has 2 rings (SSSR count). The molecule has 1 amide bonds. The SMILES string of the molecule is CC(C)C(C)(C#N)NC(=O)CN1CCC(C(O)c2ccccc2)CC1. The zero-order valence-corrected chi connectivity index (χ0v) is 15.4. The fourth-order valence-corrected chi connectivity index (χ4v) is 3.18. The van der Waals surface area contributed by atoms with Crippen LogP contribution in [0, 0.1) is 23.2 Å². The van der Waals surface area contributed by atoms with Gasteiger partial charge in [0.1, 0.15) is 5.54 Å². The maximum absolute atomic E-state index is 12.3. The number of carbonyl (C=O) groups excluding carboxylic acids is 1. The van der Waals surface area contributed by atoms with Crippen LogP contribution in [-0.4, -0.2) is 41.1 Å². The van der Waals surface area contributed by atoms with E-state index in [1.807, 2.05) is 44.2 Å². The van der Waals surface area contributed by atoms with E-state index in [0.717, 1.165) is 31.5 Å². The largest absolute Gasteiger partial charge is 0.388 e. The Bertz CT molecular complexity index is 603. The summed E-state index contributed by atoms with van der Waals surface area (Å²) in [6.07, 6.45) is 1.28. The number of carbonyl (C=O) groups is 1. The number of likely N-dealkylation sites (tertiary alicyclic amines) is 1. The van der Waals surface area contributed by atoms with Gasteiger partial charge in [-0.25, -0.2) is 0 Å². The van der Waals surface area contributed by atoms with Gasteiger partial charge in [-0.1, -0.05) is 44.2 Å². The predicted molar refractivity (Wildman–Crippen MR) is 97.6 cm³/mol. The van der Waals surface area contributed by atoms with Crippen LogP contribution in [0.2, 0.25) is 0 Å². The van der Waals surface area contributed by atoms with Gasteiger partial charge in [-0.05, 0) is 50.3 Å². The molecular weight excluding hydrogens is 314 g/mol. The van der Waals surface area contributed by atoms with Crippen molar-refractivity contribution in [3.63, 3.8) is 0 Å². The van der Waals surface area contributed by atoms with Crippen LogP contribution >= 0.6 is 0 Å². The van der Waals surface area contributed by atoms with Crippen molar-refractivity contribution in [2.24, 2.45) is 11.8 Å². The Hall–Kier alpha value is -1.90. The van der Waals surface area contributed by atoms with Crippen molar-refractivity contribution in [1.29, 1.82) is 5.26 Å². The van der Waals surface area contributed by atoms with Crippen molar-refractivity contribution in [2.75, 3.05) is 19.6 Å². The monoisotopic (exact) mass is 343 g/mol. The molecular formula is C20H29N3O2. The Labute approximate surface area is 150 Å². The van der Waals surface area contributed by atoms with Crippen LogP contribution in [0.3, 0.4) is 0 Å². The molecule has 1 aliphatic rings. The van der Waals surface area contributed by atoms with E-state index in [1.165, 1.54) is 0 Å².